The first-order valence-electron chi connectivity index (χ1n) is 7.99. The van der Waals surface area contributed by atoms with Gasteiger partial charge in [0.05, 0.1) is 5.70 Å². The van der Waals surface area contributed by atoms with E-state index in [0.717, 1.165) is 23.5 Å². The van der Waals surface area contributed by atoms with Gasteiger partial charge in [-0.15, -0.1) is 0 Å². The van der Waals surface area contributed by atoms with Crippen molar-refractivity contribution in [1.82, 2.24) is 5.32 Å². The van der Waals surface area contributed by atoms with Crippen molar-refractivity contribution in [2.45, 2.75) is 39.7 Å². The lowest BCUT2D eigenvalue weighted by atomic mass is 9.81. The number of rotatable bonds is 2. The summed E-state index contributed by atoms with van der Waals surface area (Å²) < 4.78 is 6.15. The molecule has 2 atom stereocenters. The number of nitrogens with one attached hydrogen (secondary N) is 1. The van der Waals surface area contributed by atoms with E-state index in [-0.39, 0.29) is 17.3 Å². The number of hydrogen-bond acceptors (Lipinski definition) is 3. The van der Waals surface area contributed by atoms with Gasteiger partial charge in [-0.25, -0.2) is 0 Å². The zero-order valence-corrected chi connectivity index (χ0v) is 14.0. The first kappa shape index (κ1) is 15.7. The van der Waals surface area contributed by atoms with Gasteiger partial charge in [-0.05, 0) is 62.9 Å². The fourth-order valence-electron chi connectivity index (χ4n) is 3.45. The van der Waals surface area contributed by atoms with Crippen LogP contribution in [0.1, 0.15) is 44.5 Å². The Labute approximate surface area is 136 Å². The maximum Gasteiger partial charge on any atom is 0.255 e. The van der Waals surface area contributed by atoms with Crippen LogP contribution in [0.3, 0.4) is 0 Å². The Morgan fingerprint density at radius 2 is 1.96 bits per heavy atom. The number of hydrogen-bond donors (Lipinski definition) is 2. The fraction of sp³-hybridized carbons (Fsp3) is 0.421. The van der Waals surface area contributed by atoms with Gasteiger partial charge in [0, 0.05) is 11.5 Å². The summed E-state index contributed by atoms with van der Waals surface area (Å²) in [6.07, 6.45) is 3.15. The molecule has 2 N–H and O–H groups in total. The van der Waals surface area contributed by atoms with Crippen LogP contribution in [0.25, 0.3) is 0 Å². The standard InChI is InChI=1S/C19H23NO3/c1-11-9-12(2)16(17-15(11)10-19(3,4)23-17)20-18(22)13-5-7-14(21)8-6-13/h5-9,11,15,21H,10H2,1-4H3,(H,20,22). The number of carbonyl (C=O) groups is 1. The van der Waals surface area contributed by atoms with E-state index in [1.165, 1.54) is 12.1 Å². The van der Waals surface area contributed by atoms with Crippen LogP contribution < -0.4 is 5.32 Å². The highest BCUT2D eigenvalue weighted by Crippen LogP contribution is 2.46. The maximum atomic E-state index is 12.5. The summed E-state index contributed by atoms with van der Waals surface area (Å²) in [6, 6.07) is 6.24. The van der Waals surface area contributed by atoms with E-state index in [1.54, 1.807) is 12.1 Å². The van der Waals surface area contributed by atoms with Crippen molar-refractivity contribution in [2.24, 2.45) is 11.8 Å². The molecule has 3 rings (SSSR count). The van der Waals surface area contributed by atoms with E-state index in [9.17, 15) is 9.90 Å². The van der Waals surface area contributed by atoms with Gasteiger partial charge in [0.25, 0.3) is 5.91 Å². The molecular weight excluding hydrogens is 290 g/mol. The summed E-state index contributed by atoms with van der Waals surface area (Å²) in [7, 11) is 0. The van der Waals surface area contributed by atoms with Crippen molar-refractivity contribution < 1.29 is 14.6 Å². The van der Waals surface area contributed by atoms with Crippen molar-refractivity contribution >= 4 is 5.91 Å². The van der Waals surface area contributed by atoms with Gasteiger partial charge in [0.2, 0.25) is 0 Å². The van der Waals surface area contributed by atoms with Crippen LogP contribution >= 0.6 is 0 Å². The highest BCUT2D eigenvalue weighted by atomic mass is 16.5. The van der Waals surface area contributed by atoms with E-state index < -0.39 is 0 Å². The molecule has 0 aromatic heterocycles. The molecule has 1 aromatic rings. The average molecular weight is 313 g/mol. The molecule has 0 radical (unpaired) electrons. The minimum absolute atomic E-state index is 0.145. The van der Waals surface area contributed by atoms with E-state index >= 15 is 0 Å². The number of amides is 1. The number of phenolic OH excluding ortho intramolecular Hbond substituents is 1. The summed E-state index contributed by atoms with van der Waals surface area (Å²) in [6.45, 7) is 8.36. The van der Waals surface area contributed by atoms with Crippen molar-refractivity contribution in [3.05, 3.63) is 52.9 Å². The molecule has 23 heavy (non-hydrogen) atoms. The van der Waals surface area contributed by atoms with Crippen LogP contribution in [0.5, 0.6) is 5.75 Å². The molecule has 0 spiro atoms. The van der Waals surface area contributed by atoms with Crippen molar-refractivity contribution in [1.29, 1.82) is 0 Å². The largest absolute Gasteiger partial charge is 0.508 e. The highest BCUT2D eigenvalue weighted by Gasteiger charge is 2.43. The number of fused-ring (bicyclic) bond motifs is 1. The number of carbonyl (C=O) groups excluding carboxylic acids is 1. The zero-order valence-electron chi connectivity index (χ0n) is 14.0. The predicted molar refractivity (Wildman–Crippen MR) is 88.8 cm³/mol. The molecule has 1 aliphatic heterocycles. The molecule has 1 aliphatic carbocycles. The van der Waals surface area contributed by atoms with E-state index in [2.05, 4.69) is 32.2 Å². The van der Waals surface area contributed by atoms with Crippen molar-refractivity contribution in [3.63, 3.8) is 0 Å². The van der Waals surface area contributed by atoms with Crippen LogP contribution in [0, 0.1) is 11.8 Å². The van der Waals surface area contributed by atoms with Gasteiger partial charge >= 0.3 is 0 Å². The summed E-state index contributed by atoms with van der Waals surface area (Å²) in [5.41, 5.74) is 2.13. The molecule has 2 aliphatic rings. The van der Waals surface area contributed by atoms with E-state index in [4.69, 9.17) is 4.74 Å². The third-order valence-corrected chi connectivity index (χ3v) is 4.59. The molecule has 0 bridgehead atoms. The van der Waals surface area contributed by atoms with Crippen LogP contribution in [-0.4, -0.2) is 16.6 Å². The molecule has 4 nitrogen and oxygen atoms in total. The number of allylic oxidation sites excluding steroid dienone is 3. The van der Waals surface area contributed by atoms with Gasteiger partial charge in [-0.3, -0.25) is 4.79 Å². The lowest BCUT2D eigenvalue weighted by Gasteiger charge is -2.26. The summed E-state index contributed by atoms with van der Waals surface area (Å²) in [5, 5.41) is 12.3. The SMILES string of the molecule is CC1=CC(C)C2CC(C)(C)OC2=C1NC(=O)c1ccc(O)cc1. The third kappa shape index (κ3) is 2.98. The second-order valence-corrected chi connectivity index (χ2v) is 7.12. The lowest BCUT2D eigenvalue weighted by molar-refractivity contribution is 0.0732. The van der Waals surface area contributed by atoms with E-state index in [1.807, 2.05) is 6.92 Å². The second kappa shape index (κ2) is 5.44. The highest BCUT2D eigenvalue weighted by molar-refractivity contribution is 5.95. The maximum absolute atomic E-state index is 12.5. The average Bonchev–Trinajstić information content (AvgIpc) is 2.80. The van der Waals surface area contributed by atoms with E-state index in [0.29, 0.717) is 17.4 Å². The van der Waals surface area contributed by atoms with Gasteiger partial charge < -0.3 is 15.2 Å². The molecule has 122 valence electrons. The van der Waals surface area contributed by atoms with Crippen LogP contribution in [0.15, 0.2) is 47.4 Å². The molecule has 0 saturated carbocycles. The fourth-order valence-corrected chi connectivity index (χ4v) is 3.45. The lowest BCUT2D eigenvalue weighted by Crippen LogP contribution is -2.29. The van der Waals surface area contributed by atoms with Gasteiger partial charge in [0.1, 0.15) is 17.1 Å². The van der Waals surface area contributed by atoms with Gasteiger partial charge in [0.15, 0.2) is 0 Å². The Bertz CT molecular complexity index is 698. The summed E-state index contributed by atoms with van der Waals surface area (Å²) in [5.74, 6) is 1.56. The van der Waals surface area contributed by atoms with Crippen LogP contribution in [0.2, 0.25) is 0 Å². The molecule has 1 amide bonds. The summed E-state index contributed by atoms with van der Waals surface area (Å²) >= 11 is 0. The number of phenols is 1. The molecule has 1 fully saturated rings. The number of ether oxygens (including phenoxy) is 1. The van der Waals surface area contributed by atoms with Crippen molar-refractivity contribution in [3.8, 4) is 5.75 Å². The smallest absolute Gasteiger partial charge is 0.255 e. The topological polar surface area (TPSA) is 58.6 Å². The van der Waals surface area contributed by atoms with Crippen LogP contribution in [0.4, 0.5) is 0 Å². The minimum atomic E-state index is -0.207. The Kier molecular flexibility index (Phi) is 3.71. The first-order valence-corrected chi connectivity index (χ1v) is 7.99. The molecule has 1 heterocycles. The molecule has 4 heteroatoms. The normalized spacial score (nSPS) is 25.5. The number of aromatic hydroxyl groups is 1. The Balaban J connectivity index is 1.90. The number of benzene rings is 1. The van der Waals surface area contributed by atoms with Crippen LogP contribution in [-0.2, 0) is 4.74 Å². The zero-order chi connectivity index (χ0) is 16.8. The first-order chi connectivity index (χ1) is 10.8. The molecule has 1 saturated heterocycles. The van der Waals surface area contributed by atoms with Gasteiger partial charge in [-0.1, -0.05) is 13.0 Å². The Morgan fingerprint density at radius 3 is 2.61 bits per heavy atom. The monoisotopic (exact) mass is 313 g/mol. The predicted octanol–water partition coefficient (Wildman–Crippen LogP) is 3.74. The van der Waals surface area contributed by atoms with Gasteiger partial charge in [-0.2, -0.15) is 0 Å². The molecule has 1 aromatic carbocycles. The second-order valence-electron chi connectivity index (χ2n) is 7.12. The summed E-state index contributed by atoms with van der Waals surface area (Å²) in [4.78, 5) is 12.5. The Hall–Kier alpha value is -2.23. The van der Waals surface area contributed by atoms with Crippen molar-refractivity contribution in [2.75, 3.05) is 0 Å². The third-order valence-electron chi connectivity index (χ3n) is 4.59. The minimum Gasteiger partial charge on any atom is -0.508 e. The quantitative estimate of drug-likeness (QED) is 0.874. The Morgan fingerprint density at radius 1 is 1.30 bits per heavy atom. The molecular formula is C19H23NO3. The molecule has 2 unspecified atom stereocenters.